The third-order valence-electron chi connectivity index (χ3n) is 4.03. The Labute approximate surface area is 128 Å². The van der Waals surface area contributed by atoms with E-state index in [0.29, 0.717) is 10.6 Å². The molecule has 0 radical (unpaired) electrons. The molecule has 1 aromatic rings. The Kier molecular flexibility index (Phi) is 4.33. The molecule has 3 atom stereocenters. The third kappa shape index (κ3) is 2.56. The molecule has 2 rings (SSSR count). The fourth-order valence-corrected chi connectivity index (χ4v) is 5.26. The van der Waals surface area contributed by atoms with Gasteiger partial charge in [-0.05, 0) is 17.7 Å². The molecular weight excluding hydrogens is 316 g/mol. The summed E-state index contributed by atoms with van der Waals surface area (Å²) in [5.74, 6) is -1.90. The molecule has 0 spiro atoms. The largest absolute Gasteiger partial charge is 0.481 e. The van der Waals surface area contributed by atoms with Gasteiger partial charge in [-0.1, -0.05) is 30.7 Å². The fourth-order valence-electron chi connectivity index (χ4n) is 3.01. The molecule has 0 bridgehead atoms. The smallest absolute Gasteiger partial charge is 0.314 e. The first-order chi connectivity index (χ1) is 9.81. The zero-order valence-electron chi connectivity index (χ0n) is 11.7. The third-order valence-corrected chi connectivity index (χ3v) is 6.54. The van der Waals surface area contributed by atoms with E-state index in [1.165, 1.54) is 14.0 Å². The number of benzene rings is 1. The maximum Gasteiger partial charge on any atom is 0.314 e. The first-order valence-electron chi connectivity index (χ1n) is 6.50. The molecule has 1 N–H and O–H groups in total. The van der Waals surface area contributed by atoms with Crippen molar-refractivity contribution in [3.63, 3.8) is 0 Å². The number of rotatable bonds is 6. The first kappa shape index (κ1) is 16.3. The van der Waals surface area contributed by atoms with E-state index >= 15 is 0 Å². The standard InChI is InChI=1S/C14H17ClO5S/c1-3-21(18,19)12-11(9-5-4-6-10(15)7-9)14(12,8-20-2)13(16)17/h4-7,11-12H,3,8H2,1-2H3,(H,16,17)/t11-,12+,14-/m1/s1. The van der Waals surface area contributed by atoms with Crippen LogP contribution in [-0.2, 0) is 19.4 Å². The van der Waals surface area contributed by atoms with Gasteiger partial charge < -0.3 is 9.84 Å². The van der Waals surface area contributed by atoms with Gasteiger partial charge in [-0.2, -0.15) is 0 Å². The molecular formula is C14H17ClO5S. The molecule has 1 aromatic carbocycles. The predicted octanol–water partition coefficient (Wildman–Crippen LogP) is 1.96. The highest BCUT2D eigenvalue weighted by Gasteiger charge is 2.75. The number of ether oxygens (including phenoxy) is 1. The van der Waals surface area contributed by atoms with Crippen LogP contribution in [-0.4, -0.2) is 44.2 Å². The Balaban J connectivity index is 2.54. The second-order valence-electron chi connectivity index (χ2n) is 5.18. The molecule has 5 nitrogen and oxygen atoms in total. The van der Waals surface area contributed by atoms with Crippen molar-refractivity contribution in [1.82, 2.24) is 0 Å². The summed E-state index contributed by atoms with van der Waals surface area (Å²) >= 11 is 5.93. The van der Waals surface area contributed by atoms with Crippen molar-refractivity contribution >= 4 is 27.4 Å². The van der Waals surface area contributed by atoms with Gasteiger partial charge in [0.25, 0.3) is 0 Å². The van der Waals surface area contributed by atoms with Crippen LogP contribution in [0, 0.1) is 5.41 Å². The highest BCUT2D eigenvalue weighted by atomic mass is 35.5. The van der Waals surface area contributed by atoms with E-state index in [9.17, 15) is 18.3 Å². The normalized spacial score (nSPS) is 28.3. The molecule has 0 saturated heterocycles. The van der Waals surface area contributed by atoms with Gasteiger partial charge in [0, 0.05) is 23.8 Å². The molecule has 0 heterocycles. The number of carboxylic acids is 1. The van der Waals surface area contributed by atoms with E-state index in [-0.39, 0.29) is 12.4 Å². The van der Waals surface area contributed by atoms with Crippen molar-refractivity contribution < 1.29 is 23.1 Å². The van der Waals surface area contributed by atoms with Crippen LogP contribution in [0.5, 0.6) is 0 Å². The first-order valence-corrected chi connectivity index (χ1v) is 8.60. The minimum atomic E-state index is -3.51. The Morgan fingerprint density at radius 1 is 1.48 bits per heavy atom. The van der Waals surface area contributed by atoms with Crippen LogP contribution in [0.3, 0.4) is 0 Å². The lowest BCUT2D eigenvalue weighted by Crippen LogP contribution is -2.29. The number of carbonyl (C=O) groups is 1. The van der Waals surface area contributed by atoms with Gasteiger partial charge in [-0.25, -0.2) is 8.42 Å². The Bertz CT molecular complexity index is 657. The van der Waals surface area contributed by atoms with Crippen molar-refractivity contribution in [3.05, 3.63) is 34.9 Å². The molecule has 21 heavy (non-hydrogen) atoms. The van der Waals surface area contributed by atoms with Crippen molar-refractivity contribution in [1.29, 1.82) is 0 Å². The number of carboxylic acid groups (broad SMARTS) is 1. The van der Waals surface area contributed by atoms with Gasteiger partial charge in [0.05, 0.1) is 11.9 Å². The van der Waals surface area contributed by atoms with Crippen molar-refractivity contribution in [2.75, 3.05) is 19.5 Å². The lowest BCUT2D eigenvalue weighted by atomic mass is 10.00. The summed E-state index contributed by atoms with van der Waals surface area (Å²) in [4.78, 5) is 11.7. The Hall–Kier alpha value is -1.11. The molecule has 7 heteroatoms. The maximum absolute atomic E-state index is 12.3. The highest BCUT2D eigenvalue weighted by molar-refractivity contribution is 7.92. The van der Waals surface area contributed by atoms with Gasteiger partial charge in [0.1, 0.15) is 5.41 Å². The molecule has 1 saturated carbocycles. The van der Waals surface area contributed by atoms with E-state index in [0.717, 1.165) is 0 Å². The van der Waals surface area contributed by atoms with Crippen molar-refractivity contribution in [3.8, 4) is 0 Å². The minimum absolute atomic E-state index is 0.104. The summed E-state index contributed by atoms with van der Waals surface area (Å²) in [5.41, 5.74) is -0.821. The maximum atomic E-state index is 12.3. The Morgan fingerprint density at radius 3 is 2.62 bits per heavy atom. The lowest BCUT2D eigenvalue weighted by molar-refractivity contribution is -0.145. The van der Waals surface area contributed by atoms with Gasteiger partial charge in [-0.3, -0.25) is 4.79 Å². The second-order valence-corrected chi connectivity index (χ2v) is 8.03. The molecule has 1 aliphatic carbocycles. The number of methoxy groups -OCH3 is 1. The van der Waals surface area contributed by atoms with Crippen LogP contribution in [0.2, 0.25) is 5.02 Å². The number of sulfone groups is 1. The SMILES string of the molecule is CCS(=O)(=O)[C@H]1[C@@H](c2cccc(Cl)c2)[C@@]1(COC)C(=O)O. The zero-order valence-corrected chi connectivity index (χ0v) is 13.3. The molecule has 0 aliphatic heterocycles. The summed E-state index contributed by atoms with van der Waals surface area (Å²) in [7, 11) is -2.15. The summed E-state index contributed by atoms with van der Waals surface area (Å²) in [6, 6.07) is 6.67. The number of halogens is 1. The number of hydrogen-bond donors (Lipinski definition) is 1. The number of aliphatic carboxylic acids is 1. The molecule has 0 unspecified atom stereocenters. The average Bonchev–Trinajstić information content (AvgIpc) is 3.10. The van der Waals surface area contributed by atoms with Crippen LogP contribution >= 0.6 is 11.6 Å². The van der Waals surface area contributed by atoms with Crippen molar-refractivity contribution in [2.45, 2.75) is 18.1 Å². The van der Waals surface area contributed by atoms with E-state index in [1.54, 1.807) is 24.3 Å². The average molecular weight is 333 g/mol. The Morgan fingerprint density at radius 2 is 2.14 bits per heavy atom. The molecule has 0 aromatic heterocycles. The van der Waals surface area contributed by atoms with Crippen molar-refractivity contribution in [2.24, 2.45) is 5.41 Å². The quantitative estimate of drug-likeness (QED) is 0.861. The van der Waals surface area contributed by atoms with Crippen LogP contribution in [0.1, 0.15) is 18.4 Å². The van der Waals surface area contributed by atoms with Gasteiger partial charge in [-0.15, -0.1) is 0 Å². The monoisotopic (exact) mass is 332 g/mol. The van der Waals surface area contributed by atoms with Crippen LogP contribution < -0.4 is 0 Å². The van der Waals surface area contributed by atoms with E-state index in [4.69, 9.17) is 16.3 Å². The summed E-state index contributed by atoms with van der Waals surface area (Å²) in [5, 5.41) is 9.06. The van der Waals surface area contributed by atoms with E-state index < -0.39 is 32.4 Å². The summed E-state index contributed by atoms with van der Waals surface area (Å²) < 4.78 is 29.6. The second kappa shape index (κ2) is 5.59. The van der Waals surface area contributed by atoms with E-state index in [2.05, 4.69) is 0 Å². The molecule has 1 fully saturated rings. The van der Waals surface area contributed by atoms with Crippen LogP contribution in [0.25, 0.3) is 0 Å². The molecule has 1 aliphatic rings. The fraction of sp³-hybridized carbons (Fsp3) is 0.500. The zero-order chi connectivity index (χ0) is 15.8. The van der Waals surface area contributed by atoms with Gasteiger partial charge >= 0.3 is 5.97 Å². The van der Waals surface area contributed by atoms with Crippen LogP contribution in [0.4, 0.5) is 0 Å². The predicted molar refractivity (Wildman–Crippen MR) is 79.4 cm³/mol. The van der Waals surface area contributed by atoms with E-state index in [1.807, 2.05) is 0 Å². The van der Waals surface area contributed by atoms with Gasteiger partial charge in [0.2, 0.25) is 0 Å². The summed E-state index contributed by atoms with van der Waals surface area (Å²) in [6.45, 7) is 1.37. The molecule has 116 valence electrons. The topological polar surface area (TPSA) is 80.7 Å². The van der Waals surface area contributed by atoms with Gasteiger partial charge in [0.15, 0.2) is 9.84 Å². The number of hydrogen-bond acceptors (Lipinski definition) is 4. The van der Waals surface area contributed by atoms with Crippen LogP contribution in [0.15, 0.2) is 24.3 Å². The summed E-state index contributed by atoms with van der Waals surface area (Å²) in [6.07, 6.45) is 0. The minimum Gasteiger partial charge on any atom is -0.481 e. The highest BCUT2D eigenvalue weighted by Crippen LogP contribution is 2.63. The lowest BCUT2D eigenvalue weighted by Gasteiger charge is -2.11. The molecule has 0 amide bonds.